The number of anilines is 1. The van der Waals surface area contributed by atoms with Crippen molar-refractivity contribution in [2.45, 2.75) is 19.8 Å². The van der Waals surface area contributed by atoms with Gasteiger partial charge in [-0.2, -0.15) is 0 Å². The molecule has 0 aromatic heterocycles. The van der Waals surface area contributed by atoms with E-state index in [4.69, 9.17) is 4.74 Å². The second-order valence-corrected chi connectivity index (χ2v) is 6.46. The van der Waals surface area contributed by atoms with Crippen LogP contribution in [0.2, 0.25) is 0 Å². The molecule has 26 heavy (non-hydrogen) atoms. The molecule has 1 aromatic carbocycles. The van der Waals surface area contributed by atoms with E-state index in [0.29, 0.717) is 24.1 Å². The van der Waals surface area contributed by atoms with Crippen molar-refractivity contribution >= 4 is 29.4 Å². The predicted octanol–water partition coefficient (Wildman–Crippen LogP) is 1.67. The molecule has 0 saturated carbocycles. The lowest BCUT2D eigenvalue weighted by Crippen LogP contribution is -2.38. The Labute approximate surface area is 151 Å². The zero-order valence-corrected chi connectivity index (χ0v) is 14.7. The van der Waals surface area contributed by atoms with Gasteiger partial charge in [0.1, 0.15) is 6.54 Å². The number of rotatable bonds is 4. The zero-order valence-electron chi connectivity index (χ0n) is 14.7. The Morgan fingerprint density at radius 1 is 1.15 bits per heavy atom. The molecule has 0 radical (unpaired) electrons. The molecule has 3 amide bonds. The lowest BCUT2D eigenvalue weighted by molar-refractivity contribution is -0.142. The van der Waals surface area contributed by atoms with Crippen molar-refractivity contribution < 1.29 is 23.9 Å². The van der Waals surface area contributed by atoms with Crippen LogP contribution in [-0.2, 0) is 19.1 Å². The number of ether oxygens (including phenoxy) is 1. The highest BCUT2D eigenvalue weighted by Gasteiger charge is 2.47. The first-order valence-electron chi connectivity index (χ1n) is 8.42. The van der Waals surface area contributed by atoms with Gasteiger partial charge < -0.3 is 10.1 Å². The van der Waals surface area contributed by atoms with Gasteiger partial charge in [0.25, 0.3) is 0 Å². The van der Waals surface area contributed by atoms with Crippen LogP contribution >= 0.6 is 0 Å². The summed E-state index contributed by atoms with van der Waals surface area (Å²) in [5, 5.41) is 2.61. The molecule has 0 bridgehead atoms. The number of fused-ring (bicyclic) bond motifs is 1. The van der Waals surface area contributed by atoms with Gasteiger partial charge in [0.2, 0.25) is 17.7 Å². The Hall–Kier alpha value is -2.96. The maximum atomic E-state index is 12.4. The van der Waals surface area contributed by atoms with E-state index in [1.807, 2.05) is 12.2 Å². The minimum absolute atomic E-state index is 0.250. The quantitative estimate of drug-likeness (QED) is 0.503. The number of amides is 3. The molecule has 136 valence electrons. The number of nitrogens with zero attached hydrogens (tertiary/aromatic N) is 1. The number of hydrogen-bond acceptors (Lipinski definition) is 5. The fourth-order valence-corrected chi connectivity index (χ4v) is 3.50. The van der Waals surface area contributed by atoms with Crippen molar-refractivity contribution in [3.8, 4) is 0 Å². The smallest absolute Gasteiger partial charge is 0.340 e. The summed E-state index contributed by atoms with van der Waals surface area (Å²) in [7, 11) is 1.26. The van der Waals surface area contributed by atoms with E-state index in [9.17, 15) is 19.2 Å². The van der Waals surface area contributed by atoms with Gasteiger partial charge in [-0.3, -0.25) is 19.3 Å². The van der Waals surface area contributed by atoms with Crippen LogP contribution in [0, 0.1) is 18.8 Å². The Bertz CT molecular complexity index is 788. The Kier molecular flexibility index (Phi) is 4.88. The lowest BCUT2D eigenvalue weighted by atomic mass is 9.85. The summed E-state index contributed by atoms with van der Waals surface area (Å²) in [4.78, 5) is 50.3. The third-order valence-electron chi connectivity index (χ3n) is 4.84. The van der Waals surface area contributed by atoms with Crippen molar-refractivity contribution in [1.29, 1.82) is 0 Å². The number of likely N-dealkylation sites (tertiary alicyclic amines) is 1. The van der Waals surface area contributed by atoms with Crippen molar-refractivity contribution in [2.75, 3.05) is 19.0 Å². The average Bonchev–Trinajstić information content (AvgIpc) is 2.86. The highest BCUT2D eigenvalue weighted by Crippen LogP contribution is 2.34. The third-order valence-corrected chi connectivity index (χ3v) is 4.84. The molecule has 3 rings (SSSR count). The van der Waals surface area contributed by atoms with E-state index in [-0.39, 0.29) is 35.8 Å². The molecule has 7 nitrogen and oxygen atoms in total. The summed E-state index contributed by atoms with van der Waals surface area (Å²) >= 11 is 0. The van der Waals surface area contributed by atoms with Crippen molar-refractivity contribution in [2.24, 2.45) is 11.8 Å². The molecule has 1 aliphatic heterocycles. The standard InChI is InChI=1S/C19H20N2O5/c1-11-6-5-9-14(16(11)19(25)26-2)20-15(22)10-21-17(23)12-7-3-4-8-13(12)18(21)24/h3-6,9,12-13H,7-8,10H2,1-2H3,(H,20,22)/t12-,13-/m1/s1. The summed E-state index contributed by atoms with van der Waals surface area (Å²) in [6.45, 7) is 1.37. The van der Waals surface area contributed by atoms with Crippen molar-refractivity contribution in [3.63, 3.8) is 0 Å². The van der Waals surface area contributed by atoms with E-state index in [1.54, 1.807) is 25.1 Å². The van der Waals surface area contributed by atoms with Crippen molar-refractivity contribution in [3.05, 3.63) is 41.5 Å². The normalized spacial score (nSPS) is 21.5. The van der Waals surface area contributed by atoms with Gasteiger partial charge in [-0.15, -0.1) is 0 Å². The van der Waals surface area contributed by atoms with Crippen LogP contribution < -0.4 is 5.32 Å². The summed E-state index contributed by atoms with van der Waals surface area (Å²) in [6, 6.07) is 5.01. The Balaban J connectivity index is 1.74. The number of esters is 1. The molecule has 1 fully saturated rings. The monoisotopic (exact) mass is 356 g/mol. The fraction of sp³-hybridized carbons (Fsp3) is 0.368. The summed E-state index contributed by atoms with van der Waals surface area (Å²) in [5.74, 6) is -2.46. The molecule has 1 aromatic rings. The molecular formula is C19H20N2O5. The number of carbonyl (C=O) groups is 4. The first kappa shape index (κ1) is 17.8. The number of benzene rings is 1. The minimum Gasteiger partial charge on any atom is -0.465 e. The van der Waals surface area contributed by atoms with Crippen LogP contribution in [0.15, 0.2) is 30.4 Å². The van der Waals surface area contributed by atoms with Gasteiger partial charge in [-0.1, -0.05) is 24.3 Å². The molecule has 2 atom stereocenters. The molecular weight excluding hydrogens is 336 g/mol. The lowest BCUT2D eigenvalue weighted by Gasteiger charge is -2.16. The molecule has 1 saturated heterocycles. The maximum absolute atomic E-state index is 12.4. The van der Waals surface area contributed by atoms with Crippen LogP contribution in [0.1, 0.15) is 28.8 Å². The van der Waals surface area contributed by atoms with Crippen molar-refractivity contribution in [1.82, 2.24) is 4.90 Å². The number of carbonyl (C=O) groups excluding carboxylic acids is 4. The van der Waals surface area contributed by atoms with E-state index >= 15 is 0 Å². The largest absolute Gasteiger partial charge is 0.465 e. The van der Waals surface area contributed by atoms with Crippen LogP contribution in [-0.4, -0.2) is 42.2 Å². The molecule has 2 aliphatic rings. The summed E-state index contributed by atoms with van der Waals surface area (Å²) in [5.41, 5.74) is 1.19. The highest BCUT2D eigenvalue weighted by atomic mass is 16.5. The molecule has 1 N–H and O–H groups in total. The molecule has 7 heteroatoms. The number of nitrogens with one attached hydrogen (secondary N) is 1. The summed E-state index contributed by atoms with van der Waals surface area (Å²) in [6.07, 6.45) is 4.84. The Morgan fingerprint density at radius 3 is 2.35 bits per heavy atom. The molecule has 0 spiro atoms. The molecule has 1 aliphatic carbocycles. The van der Waals surface area contributed by atoms with Gasteiger partial charge in [0, 0.05) is 0 Å². The molecule has 1 heterocycles. The van der Waals surface area contributed by atoms with Crippen LogP contribution in [0.4, 0.5) is 5.69 Å². The predicted molar refractivity (Wildman–Crippen MR) is 93.2 cm³/mol. The molecule has 0 unspecified atom stereocenters. The Morgan fingerprint density at radius 2 is 1.77 bits per heavy atom. The third kappa shape index (κ3) is 3.12. The van der Waals surface area contributed by atoms with E-state index < -0.39 is 11.9 Å². The first-order chi connectivity index (χ1) is 12.4. The van der Waals surface area contributed by atoms with Crippen LogP contribution in [0.5, 0.6) is 0 Å². The maximum Gasteiger partial charge on any atom is 0.340 e. The average molecular weight is 356 g/mol. The van der Waals surface area contributed by atoms with E-state index in [1.165, 1.54) is 7.11 Å². The number of allylic oxidation sites excluding steroid dienone is 2. The van der Waals surface area contributed by atoms with E-state index in [2.05, 4.69) is 5.32 Å². The number of imide groups is 1. The first-order valence-corrected chi connectivity index (χ1v) is 8.42. The van der Waals surface area contributed by atoms with Crippen LogP contribution in [0.3, 0.4) is 0 Å². The van der Waals surface area contributed by atoms with Gasteiger partial charge >= 0.3 is 5.97 Å². The summed E-state index contributed by atoms with van der Waals surface area (Å²) < 4.78 is 4.76. The van der Waals surface area contributed by atoms with Gasteiger partial charge in [-0.25, -0.2) is 4.79 Å². The fourth-order valence-electron chi connectivity index (χ4n) is 3.50. The zero-order chi connectivity index (χ0) is 18.8. The highest BCUT2D eigenvalue weighted by molar-refractivity contribution is 6.09. The van der Waals surface area contributed by atoms with Crippen LogP contribution in [0.25, 0.3) is 0 Å². The SMILES string of the molecule is COC(=O)c1c(C)cccc1NC(=O)CN1C(=O)[C@@H]2CC=CC[C@H]2C1=O. The minimum atomic E-state index is -0.566. The second-order valence-electron chi connectivity index (χ2n) is 6.46. The number of aryl methyl sites for hydroxylation is 1. The topological polar surface area (TPSA) is 92.8 Å². The van der Waals surface area contributed by atoms with E-state index in [0.717, 1.165) is 4.90 Å². The number of methoxy groups -OCH3 is 1. The van der Waals surface area contributed by atoms with Gasteiger partial charge in [0.15, 0.2) is 0 Å². The van der Waals surface area contributed by atoms with Gasteiger partial charge in [0.05, 0.1) is 30.2 Å². The van der Waals surface area contributed by atoms with Gasteiger partial charge in [-0.05, 0) is 31.4 Å². The number of hydrogen-bond donors (Lipinski definition) is 1. The second kappa shape index (κ2) is 7.11.